The lowest BCUT2D eigenvalue weighted by molar-refractivity contribution is 0.0280. The number of piperidine rings is 1. The van der Waals surface area contributed by atoms with E-state index in [4.69, 9.17) is 0 Å². The molecular formula is C14H18BrNO2. The summed E-state index contributed by atoms with van der Waals surface area (Å²) in [5.74, 6) is 0.00748. The molecule has 1 heterocycles. The largest absolute Gasteiger partial charge is 0.391 e. The minimum Gasteiger partial charge on any atom is -0.391 e. The van der Waals surface area contributed by atoms with Crippen molar-refractivity contribution < 1.29 is 9.90 Å². The molecule has 98 valence electrons. The third-order valence-corrected chi connectivity index (χ3v) is 4.16. The summed E-state index contributed by atoms with van der Waals surface area (Å²) in [7, 11) is 0. The second-order valence-electron chi connectivity index (χ2n) is 4.78. The van der Waals surface area contributed by atoms with Gasteiger partial charge < -0.3 is 10.0 Å². The molecule has 0 aliphatic carbocycles. The monoisotopic (exact) mass is 311 g/mol. The van der Waals surface area contributed by atoms with E-state index in [0.29, 0.717) is 5.56 Å². The van der Waals surface area contributed by atoms with Crippen molar-refractivity contribution in [2.45, 2.75) is 38.3 Å². The van der Waals surface area contributed by atoms with Gasteiger partial charge in [0, 0.05) is 11.0 Å². The maximum absolute atomic E-state index is 12.5. The number of carbonyl (C=O) groups is 1. The Hall–Kier alpha value is -0.870. The fraction of sp³-hybridized carbons (Fsp3) is 0.500. The molecule has 0 saturated carbocycles. The van der Waals surface area contributed by atoms with Crippen LogP contribution >= 0.6 is 15.9 Å². The van der Waals surface area contributed by atoms with Gasteiger partial charge >= 0.3 is 0 Å². The highest BCUT2D eigenvalue weighted by atomic mass is 79.9. The number of likely N-dealkylation sites (tertiary alicyclic amines) is 1. The molecule has 1 N–H and O–H groups in total. The van der Waals surface area contributed by atoms with E-state index in [-0.39, 0.29) is 11.9 Å². The summed E-state index contributed by atoms with van der Waals surface area (Å²) in [6, 6.07) is 7.38. The third-order valence-electron chi connectivity index (χ3n) is 3.47. The number of carbonyl (C=O) groups excluding carboxylic acids is 1. The summed E-state index contributed by atoms with van der Waals surface area (Å²) < 4.78 is 0.810. The summed E-state index contributed by atoms with van der Waals surface area (Å²) in [5, 5.41) is 9.81. The summed E-state index contributed by atoms with van der Waals surface area (Å²) in [6.45, 7) is 2.49. The molecule has 18 heavy (non-hydrogen) atoms. The van der Waals surface area contributed by atoms with Gasteiger partial charge in [0.15, 0.2) is 0 Å². The van der Waals surface area contributed by atoms with E-state index in [1.807, 2.05) is 29.2 Å². The number of aliphatic hydroxyl groups excluding tert-OH is 1. The molecular weight excluding hydrogens is 294 g/mol. The van der Waals surface area contributed by atoms with Gasteiger partial charge in [-0.25, -0.2) is 0 Å². The predicted octanol–water partition coefficient (Wildman–Crippen LogP) is 2.82. The minimum absolute atomic E-state index is 0.00748. The Morgan fingerprint density at radius 1 is 1.44 bits per heavy atom. The average molecular weight is 312 g/mol. The van der Waals surface area contributed by atoms with Crippen LogP contribution < -0.4 is 0 Å². The number of hydrogen-bond acceptors (Lipinski definition) is 2. The fourth-order valence-electron chi connectivity index (χ4n) is 2.50. The van der Waals surface area contributed by atoms with Crippen LogP contribution in [0.25, 0.3) is 0 Å². The quantitative estimate of drug-likeness (QED) is 0.912. The maximum atomic E-state index is 12.5. The average Bonchev–Trinajstić information content (AvgIpc) is 2.38. The van der Waals surface area contributed by atoms with Crippen LogP contribution in [0.1, 0.15) is 36.5 Å². The highest BCUT2D eigenvalue weighted by Gasteiger charge is 2.31. The van der Waals surface area contributed by atoms with Crippen molar-refractivity contribution in [1.29, 1.82) is 0 Å². The van der Waals surface area contributed by atoms with Crippen molar-refractivity contribution in [3.05, 3.63) is 34.3 Å². The molecule has 1 amide bonds. The van der Waals surface area contributed by atoms with Crippen LogP contribution in [-0.2, 0) is 0 Å². The zero-order valence-corrected chi connectivity index (χ0v) is 12.1. The summed E-state index contributed by atoms with van der Waals surface area (Å²) >= 11 is 3.41. The zero-order valence-electron chi connectivity index (χ0n) is 10.5. The Kier molecular flexibility index (Phi) is 4.40. The van der Waals surface area contributed by atoms with E-state index in [1.165, 1.54) is 0 Å². The molecule has 4 heteroatoms. The number of nitrogens with zero attached hydrogens (tertiary/aromatic N) is 1. The van der Waals surface area contributed by atoms with Crippen molar-refractivity contribution in [2.24, 2.45) is 0 Å². The molecule has 1 saturated heterocycles. The van der Waals surface area contributed by atoms with Crippen molar-refractivity contribution in [3.8, 4) is 0 Å². The van der Waals surface area contributed by atoms with E-state index in [1.54, 1.807) is 6.92 Å². The highest BCUT2D eigenvalue weighted by molar-refractivity contribution is 9.10. The second-order valence-corrected chi connectivity index (χ2v) is 5.64. The molecule has 0 spiro atoms. The first kappa shape index (κ1) is 13.6. The molecule has 0 radical (unpaired) electrons. The Morgan fingerprint density at radius 2 is 2.17 bits per heavy atom. The number of rotatable bonds is 2. The van der Waals surface area contributed by atoms with Crippen LogP contribution in [0.15, 0.2) is 28.7 Å². The Balaban J connectivity index is 2.24. The van der Waals surface area contributed by atoms with Crippen molar-refractivity contribution >= 4 is 21.8 Å². The van der Waals surface area contributed by atoms with Crippen molar-refractivity contribution in [2.75, 3.05) is 6.54 Å². The molecule has 0 bridgehead atoms. The number of aliphatic hydroxyl groups is 1. The van der Waals surface area contributed by atoms with Gasteiger partial charge in [0.25, 0.3) is 5.91 Å². The van der Waals surface area contributed by atoms with Crippen molar-refractivity contribution in [3.63, 3.8) is 0 Å². The molecule has 2 rings (SSSR count). The number of hydrogen-bond donors (Lipinski definition) is 1. The highest BCUT2D eigenvalue weighted by Crippen LogP contribution is 2.25. The van der Waals surface area contributed by atoms with Crippen LogP contribution in [0.5, 0.6) is 0 Å². The Labute approximate surface area is 116 Å². The maximum Gasteiger partial charge on any atom is 0.255 e. The zero-order chi connectivity index (χ0) is 13.1. The lowest BCUT2D eigenvalue weighted by atomic mass is 9.97. The van der Waals surface area contributed by atoms with Gasteiger partial charge in [-0.2, -0.15) is 0 Å². The first-order valence-electron chi connectivity index (χ1n) is 6.35. The SMILES string of the molecule is C[C@@H](O)[C@@H]1CCCCN1C(=O)c1ccccc1Br. The van der Waals surface area contributed by atoms with Gasteiger partial charge in [-0.05, 0) is 54.2 Å². The number of benzene rings is 1. The molecule has 2 atom stereocenters. The van der Waals surface area contributed by atoms with Gasteiger partial charge in [0.1, 0.15) is 0 Å². The third kappa shape index (κ3) is 2.75. The lowest BCUT2D eigenvalue weighted by Crippen LogP contribution is -2.49. The molecule has 3 nitrogen and oxygen atoms in total. The van der Waals surface area contributed by atoms with Gasteiger partial charge in [-0.15, -0.1) is 0 Å². The molecule has 0 unspecified atom stereocenters. The molecule has 1 aromatic rings. The second kappa shape index (κ2) is 5.85. The van der Waals surface area contributed by atoms with E-state index < -0.39 is 6.10 Å². The van der Waals surface area contributed by atoms with E-state index in [0.717, 1.165) is 30.3 Å². The van der Waals surface area contributed by atoms with E-state index in [2.05, 4.69) is 15.9 Å². The Bertz CT molecular complexity index is 434. The van der Waals surface area contributed by atoms with Crippen molar-refractivity contribution in [1.82, 2.24) is 4.90 Å². The number of halogens is 1. The fourth-order valence-corrected chi connectivity index (χ4v) is 2.95. The molecule has 1 aliphatic rings. The number of amides is 1. The molecule has 1 fully saturated rings. The minimum atomic E-state index is -0.475. The van der Waals surface area contributed by atoms with Crippen LogP contribution in [0.2, 0.25) is 0 Å². The first-order chi connectivity index (χ1) is 8.61. The molecule has 1 aromatic carbocycles. The first-order valence-corrected chi connectivity index (χ1v) is 7.14. The Morgan fingerprint density at radius 3 is 2.83 bits per heavy atom. The summed E-state index contributed by atoms with van der Waals surface area (Å²) in [4.78, 5) is 14.3. The van der Waals surface area contributed by atoms with Crippen LogP contribution in [-0.4, -0.2) is 34.6 Å². The van der Waals surface area contributed by atoms with E-state index in [9.17, 15) is 9.90 Å². The van der Waals surface area contributed by atoms with Gasteiger partial charge in [0.05, 0.1) is 17.7 Å². The standard InChI is InChI=1S/C14H18BrNO2/c1-10(17)13-8-4-5-9-16(13)14(18)11-6-2-3-7-12(11)15/h2-3,6-7,10,13,17H,4-5,8-9H2,1H3/t10-,13+/m1/s1. The molecule has 0 aromatic heterocycles. The summed E-state index contributed by atoms with van der Waals surface area (Å²) in [5.41, 5.74) is 0.671. The van der Waals surface area contributed by atoms with E-state index >= 15 is 0 Å². The van der Waals surface area contributed by atoms with Gasteiger partial charge in [-0.1, -0.05) is 12.1 Å². The summed E-state index contributed by atoms with van der Waals surface area (Å²) in [6.07, 6.45) is 2.50. The topological polar surface area (TPSA) is 40.5 Å². The van der Waals surface area contributed by atoms with Crippen LogP contribution in [0.4, 0.5) is 0 Å². The predicted molar refractivity (Wildman–Crippen MR) is 74.5 cm³/mol. The lowest BCUT2D eigenvalue weighted by Gasteiger charge is -2.37. The smallest absolute Gasteiger partial charge is 0.255 e. The molecule has 1 aliphatic heterocycles. The van der Waals surface area contributed by atoms with Gasteiger partial charge in [-0.3, -0.25) is 4.79 Å². The van der Waals surface area contributed by atoms with Crippen LogP contribution in [0, 0.1) is 0 Å². The normalized spacial score (nSPS) is 21.7. The van der Waals surface area contributed by atoms with Gasteiger partial charge in [0.2, 0.25) is 0 Å². The van der Waals surface area contributed by atoms with Crippen LogP contribution in [0.3, 0.4) is 0 Å².